The van der Waals surface area contributed by atoms with Gasteiger partial charge in [-0.25, -0.2) is 4.98 Å². The predicted octanol–water partition coefficient (Wildman–Crippen LogP) is 3.17. The molecule has 0 atom stereocenters. The third-order valence-electron chi connectivity index (χ3n) is 3.84. The zero-order valence-corrected chi connectivity index (χ0v) is 13.1. The van der Waals surface area contributed by atoms with Crippen LogP contribution in [0.4, 0.5) is 5.82 Å². The Hall–Kier alpha value is -2.08. The summed E-state index contributed by atoms with van der Waals surface area (Å²) in [4.78, 5) is 9.87. The highest BCUT2D eigenvalue weighted by Crippen LogP contribution is 2.37. The molecule has 0 aliphatic heterocycles. The number of benzene rings is 1. The van der Waals surface area contributed by atoms with Gasteiger partial charge in [0.05, 0.1) is 0 Å². The van der Waals surface area contributed by atoms with E-state index in [1.54, 1.807) is 10.7 Å². The van der Waals surface area contributed by atoms with Crippen molar-refractivity contribution in [3.63, 3.8) is 0 Å². The first-order chi connectivity index (χ1) is 10.8. The Morgan fingerprint density at radius 2 is 2.00 bits per heavy atom. The van der Waals surface area contributed by atoms with Crippen molar-refractivity contribution in [3.05, 3.63) is 48.4 Å². The summed E-state index contributed by atoms with van der Waals surface area (Å²) in [5, 5.41) is 8.63. The lowest BCUT2D eigenvalue weighted by Gasteiger charge is -2.35. The van der Waals surface area contributed by atoms with Gasteiger partial charge in [-0.05, 0) is 38.0 Å². The monoisotopic (exact) mass is 311 g/mol. The molecule has 1 N–H and O–H groups in total. The SMILES string of the molecule is Cc1nc2nccc(NC3CC(Sc4ccccc4)C3)n2n1. The summed E-state index contributed by atoms with van der Waals surface area (Å²) in [7, 11) is 0. The Labute approximate surface area is 133 Å². The van der Waals surface area contributed by atoms with E-state index in [9.17, 15) is 0 Å². The normalized spacial score (nSPS) is 20.8. The molecule has 22 heavy (non-hydrogen) atoms. The number of nitrogens with zero attached hydrogens (tertiary/aromatic N) is 4. The summed E-state index contributed by atoms with van der Waals surface area (Å²) in [6.07, 6.45) is 4.11. The molecule has 4 rings (SSSR count). The first-order valence-corrected chi connectivity index (χ1v) is 8.32. The maximum atomic E-state index is 4.39. The highest BCUT2D eigenvalue weighted by Gasteiger charge is 2.30. The molecule has 2 aromatic heterocycles. The first kappa shape index (κ1) is 13.6. The van der Waals surface area contributed by atoms with Crippen molar-refractivity contribution in [2.45, 2.75) is 36.0 Å². The molecule has 5 nitrogen and oxygen atoms in total. The van der Waals surface area contributed by atoms with E-state index in [1.165, 1.54) is 4.90 Å². The lowest BCUT2D eigenvalue weighted by atomic mass is 9.92. The predicted molar refractivity (Wildman–Crippen MR) is 88.3 cm³/mol. The summed E-state index contributed by atoms with van der Waals surface area (Å²) in [6, 6.07) is 13.1. The quantitative estimate of drug-likeness (QED) is 0.802. The van der Waals surface area contributed by atoms with Crippen LogP contribution in [0.5, 0.6) is 0 Å². The van der Waals surface area contributed by atoms with Crippen molar-refractivity contribution >= 4 is 23.4 Å². The van der Waals surface area contributed by atoms with E-state index in [0.717, 1.165) is 24.5 Å². The Morgan fingerprint density at radius 1 is 1.18 bits per heavy atom. The molecular formula is C16H17N5S. The maximum Gasteiger partial charge on any atom is 0.254 e. The van der Waals surface area contributed by atoms with E-state index in [4.69, 9.17) is 0 Å². The van der Waals surface area contributed by atoms with Crippen molar-refractivity contribution in [1.29, 1.82) is 0 Å². The fourth-order valence-corrected chi connectivity index (χ4v) is 4.04. The molecule has 1 saturated carbocycles. The van der Waals surface area contributed by atoms with Gasteiger partial charge in [0.15, 0.2) is 0 Å². The molecule has 1 fully saturated rings. The Balaban J connectivity index is 1.39. The summed E-state index contributed by atoms with van der Waals surface area (Å²) < 4.78 is 1.78. The molecule has 0 radical (unpaired) electrons. The van der Waals surface area contributed by atoms with Crippen molar-refractivity contribution < 1.29 is 0 Å². The number of nitrogens with one attached hydrogen (secondary N) is 1. The van der Waals surface area contributed by atoms with Gasteiger partial charge in [0.2, 0.25) is 0 Å². The van der Waals surface area contributed by atoms with Gasteiger partial charge < -0.3 is 5.32 Å². The lowest BCUT2D eigenvalue weighted by molar-refractivity contribution is 0.459. The summed E-state index contributed by atoms with van der Waals surface area (Å²) in [6.45, 7) is 1.88. The average molecular weight is 311 g/mol. The number of anilines is 1. The minimum absolute atomic E-state index is 0.497. The molecule has 0 amide bonds. The van der Waals surface area contributed by atoms with Crippen LogP contribution in [0.2, 0.25) is 0 Å². The molecular weight excluding hydrogens is 294 g/mol. The van der Waals surface area contributed by atoms with Crippen molar-refractivity contribution in [3.8, 4) is 0 Å². The zero-order chi connectivity index (χ0) is 14.9. The number of hydrogen-bond acceptors (Lipinski definition) is 5. The van der Waals surface area contributed by atoms with Crippen LogP contribution in [0.25, 0.3) is 5.78 Å². The van der Waals surface area contributed by atoms with Gasteiger partial charge in [-0.3, -0.25) is 0 Å². The van der Waals surface area contributed by atoms with Gasteiger partial charge in [0.25, 0.3) is 5.78 Å². The Bertz CT molecular complexity index is 780. The largest absolute Gasteiger partial charge is 0.367 e. The second-order valence-corrected chi connectivity index (χ2v) is 6.94. The van der Waals surface area contributed by atoms with Gasteiger partial charge in [-0.15, -0.1) is 16.9 Å². The van der Waals surface area contributed by atoms with Crippen LogP contribution in [0.1, 0.15) is 18.7 Å². The number of hydrogen-bond donors (Lipinski definition) is 1. The van der Waals surface area contributed by atoms with E-state index in [0.29, 0.717) is 17.1 Å². The van der Waals surface area contributed by atoms with E-state index in [-0.39, 0.29) is 0 Å². The fourth-order valence-electron chi connectivity index (χ4n) is 2.68. The molecule has 1 aromatic carbocycles. The van der Waals surface area contributed by atoms with Crippen LogP contribution in [0.15, 0.2) is 47.5 Å². The molecule has 0 saturated heterocycles. The molecule has 1 aliphatic carbocycles. The second kappa shape index (κ2) is 5.61. The summed E-state index contributed by atoms with van der Waals surface area (Å²) in [5.41, 5.74) is 0. The maximum absolute atomic E-state index is 4.39. The van der Waals surface area contributed by atoms with Gasteiger partial charge in [-0.1, -0.05) is 18.2 Å². The van der Waals surface area contributed by atoms with Crippen LogP contribution in [-0.2, 0) is 0 Å². The van der Waals surface area contributed by atoms with Crippen molar-refractivity contribution in [2.75, 3.05) is 5.32 Å². The molecule has 0 spiro atoms. The minimum Gasteiger partial charge on any atom is -0.367 e. The molecule has 112 valence electrons. The van der Waals surface area contributed by atoms with Crippen LogP contribution in [0.3, 0.4) is 0 Å². The van der Waals surface area contributed by atoms with Crippen LogP contribution < -0.4 is 5.32 Å². The first-order valence-electron chi connectivity index (χ1n) is 7.44. The van der Waals surface area contributed by atoms with Gasteiger partial charge >= 0.3 is 0 Å². The van der Waals surface area contributed by atoms with Crippen LogP contribution in [-0.4, -0.2) is 30.9 Å². The van der Waals surface area contributed by atoms with Gasteiger partial charge in [-0.2, -0.15) is 9.50 Å². The third-order valence-corrected chi connectivity index (χ3v) is 5.10. The van der Waals surface area contributed by atoms with Crippen molar-refractivity contribution in [1.82, 2.24) is 19.6 Å². The third kappa shape index (κ3) is 2.66. The molecule has 6 heteroatoms. The fraction of sp³-hybridized carbons (Fsp3) is 0.312. The smallest absolute Gasteiger partial charge is 0.254 e. The van der Waals surface area contributed by atoms with E-state index >= 15 is 0 Å². The molecule has 0 unspecified atom stereocenters. The molecule has 2 heterocycles. The number of fused-ring (bicyclic) bond motifs is 1. The summed E-state index contributed by atoms with van der Waals surface area (Å²) >= 11 is 1.97. The lowest BCUT2D eigenvalue weighted by Crippen LogP contribution is -2.37. The van der Waals surface area contributed by atoms with E-state index in [2.05, 4.69) is 50.7 Å². The van der Waals surface area contributed by atoms with E-state index < -0.39 is 0 Å². The number of thioether (sulfide) groups is 1. The molecule has 1 aliphatic rings. The number of aryl methyl sites for hydroxylation is 1. The van der Waals surface area contributed by atoms with Crippen molar-refractivity contribution in [2.24, 2.45) is 0 Å². The molecule has 3 aromatic rings. The Morgan fingerprint density at radius 3 is 2.82 bits per heavy atom. The number of aromatic nitrogens is 4. The van der Waals surface area contributed by atoms with Gasteiger partial charge in [0.1, 0.15) is 11.6 Å². The highest BCUT2D eigenvalue weighted by atomic mass is 32.2. The van der Waals surface area contributed by atoms with Crippen LogP contribution >= 0.6 is 11.8 Å². The second-order valence-electron chi connectivity index (χ2n) is 5.57. The zero-order valence-electron chi connectivity index (χ0n) is 12.3. The Kier molecular flexibility index (Phi) is 3.46. The average Bonchev–Trinajstić information content (AvgIpc) is 2.87. The summed E-state index contributed by atoms with van der Waals surface area (Å²) in [5.74, 6) is 2.36. The van der Waals surface area contributed by atoms with Crippen LogP contribution in [0, 0.1) is 6.92 Å². The highest BCUT2D eigenvalue weighted by molar-refractivity contribution is 8.00. The molecule has 0 bridgehead atoms. The number of rotatable bonds is 4. The minimum atomic E-state index is 0.497. The standard InChI is InChI=1S/C16H17N5S/c1-11-18-16-17-8-7-15(21(16)20-11)19-12-9-14(10-12)22-13-5-3-2-4-6-13/h2-8,12,14,19H,9-10H2,1H3. The van der Waals surface area contributed by atoms with E-state index in [1.807, 2.05) is 24.8 Å². The van der Waals surface area contributed by atoms with Gasteiger partial charge in [0, 0.05) is 22.4 Å². The topological polar surface area (TPSA) is 55.1 Å².